The highest BCUT2D eigenvalue weighted by molar-refractivity contribution is 5.94. The molecule has 1 N–H and O–H groups in total. The zero-order valence-corrected chi connectivity index (χ0v) is 20.6. The molecule has 3 aromatic carbocycles. The molecular formula is C29H31FN4O. The predicted octanol–water partition coefficient (Wildman–Crippen LogP) is 5.76. The molecule has 0 atom stereocenters. The van der Waals surface area contributed by atoms with Crippen LogP contribution < -0.4 is 5.32 Å². The number of aryl methyl sites for hydroxylation is 1. The van der Waals surface area contributed by atoms with Gasteiger partial charge in [0.05, 0.1) is 11.4 Å². The highest BCUT2D eigenvalue weighted by atomic mass is 19.1. The van der Waals surface area contributed by atoms with Crippen molar-refractivity contribution in [2.45, 2.75) is 39.9 Å². The molecule has 0 saturated carbocycles. The highest BCUT2D eigenvalue weighted by Gasteiger charge is 2.15. The molecule has 0 fully saturated rings. The lowest BCUT2D eigenvalue weighted by molar-refractivity contribution is 0.0755. The van der Waals surface area contributed by atoms with Crippen molar-refractivity contribution in [3.8, 4) is 16.9 Å². The van der Waals surface area contributed by atoms with Crippen LogP contribution in [0.2, 0.25) is 0 Å². The molecule has 4 aromatic rings. The number of nitrogens with one attached hydrogen (secondary N) is 1. The molecule has 180 valence electrons. The van der Waals surface area contributed by atoms with Crippen LogP contribution in [0.5, 0.6) is 0 Å². The second-order valence-corrected chi connectivity index (χ2v) is 9.10. The third-order valence-electron chi connectivity index (χ3n) is 6.15. The van der Waals surface area contributed by atoms with Crippen LogP contribution in [0.1, 0.15) is 40.9 Å². The van der Waals surface area contributed by atoms with E-state index in [4.69, 9.17) is 5.10 Å². The van der Waals surface area contributed by atoms with Crippen LogP contribution in [0.4, 0.5) is 4.39 Å². The summed E-state index contributed by atoms with van der Waals surface area (Å²) in [5, 5.41) is 8.30. The Kier molecular flexibility index (Phi) is 7.42. The van der Waals surface area contributed by atoms with Crippen LogP contribution in [0.3, 0.4) is 0 Å². The van der Waals surface area contributed by atoms with E-state index in [0.29, 0.717) is 18.7 Å². The summed E-state index contributed by atoms with van der Waals surface area (Å²) in [4.78, 5) is 14.2. The maximum atomic E-state index is 13.4. The zero-order chi connectivity index (χ0) is 24.9. The van der Waals surface area contributed by atoms with Crippen molar-refractivity contribution < 1.29 is 9.18 Å². The topological polar surface area (TPSA) is 50.2 Å². The number of aromatic nitrogens is 2. The first kappa shape index (κ1) is 24.4. The lowest BCUT2D eigenvalue weighted by Gasteiger charge is -2.21. The Bertz CT molecular complexity index is 1280. The summed E-state index contributed by atoms with van der Waals surface area (Å²) in [6, 6.07) is 22.5. The minimum absolute atomic E-state index is 0.0236. The predicted molar refractivity (Wildman–Crippen MR) is 138 cm³/mol. The van der Waals surface area contributed by atoms with Gasteiger partial charge in [-0.2, -0.15) is 5.10 Å². The number of hydrogen-bond donors (Lipinski definition) is 1. The highest BCUT2D eigenvalue weighted by Crippen LogP contribution is 2.24. The smallest absolute Gasteiger partial charge is 0.253 e. The maximum Gasteiger partial charge on any atom is 0.253 e. The summed E-state index contributed by atoms with van der Waals surface area (Å²) < 4.78 is 15.2. The van der Waals surface area contributed by atoms with Gasteiger partial charge in [0, 0.05) is 49.1 Å². The molecule has 1 heterocycles. The second-order valence-electron chi connectivity index (χ2n) is 9.10. The number of hydrogen-bond acceptors (Lipinski definition) is 3. The van der Waals surface area contributed by atoms with Crippen molar-refractivity contribution in [1.29, 1.82) is 0 Å². The van der Waals surface area contributed by atoms with Crippen molar-refractivity contribution in [3.05, 3.63) is 107 Å². The van der Waals surface area contributed by atoms with Crippen LogP contribution in [0, 0.1) is 12.7 Å². The fourth-order valence-corrected chi connectivity index (χ4v) is 3.76. The van der Waals surface area contributed by atoms with Gasteiger partial charge in [-0.15, -0.1) is 0 Å². The molecule has 35 heavy (non-hydrogen) atoms. The van der Waals surface area contributed by atoms with E-state index in [1.807, 2.05) is 51.4 Å². The van der Waals surface area contributed by atoms with Gasteiger partial charge in [0.2, 0.25) is 0 Å². The molecule has 0 unspecified atom stereocenters. The van der Waals surface area contributed by atoms with Crippen molar-refractivity contribution in [2.75, 3.05) is 7.05 Å². The lowest BCUT2D eigenvalue weighted by Crippen LogP contribution is -2.32. The number of nitrogens with zero attached hydrogens (tertiary/aromatic N) is 3. The van der Waals surface area contributed by atoms with E-state index in [9.17, 15) is 9.18 Å². The lowest BCUT2D eigenvalue weighted by atomic mass is 10.1. The average Bonchev–Trinajstić information content (AvgIpc) is 3.28. The molecule has 6 heteroatoms. The van der Waals surface area contributed by atoms with Crippen molar-refractivity contribution in [2.24, 2.45) is 0 Å². The standard InChI is InChI=1S/C29H31FN4O/c1-20(2)33(4)29(35)24-11-7-22(8-12-24)17-31-18-25-19-34(27-15-13-26(30)14-16-27)32-28(25)23-9-5-21(3)6-10-23/h5-16,19-20,31H,17-18H2,1-4H3. The van der Waals surface area contributed by atoms with Crippen molar-refractivity contribution in [3.63, 3.8) is 0 Å². The van der Waals surface area contributed by atoms with E-state index in [1.165, 1.54) is 17.7 Å². The fraction of sp³-hybridized carbons (Fsp3) is 0.241. The SMILES string of the molecule is Cc1ccc(-c2nn(-c3ccc(F)cc3)cc2CNCc2ccc(C(=O)N(C)C(C)C)cc2)cc1. The first-order valence-corrected chi connectivity index (χ1v) is 11.8. The second kappa shape index (κ2) is 10.7. The third kappa shape index (κ3) is 5.84. The van der Waals surface area contributed by atoms with Gasteiger partial charge < -0.3 is 10.2 Å². The van der Waals surface area contributed by atoms with E-state index < -0.39 is 0 Å². The maximum absolute atomic E-state index is 13.4. The number of carbonyl (C=O) groups is 1. The summed E-state index contributed by atoms with van der Waals surface area (Å²) in [6.07, 6.45) is 1.99. The molecule has 1 aromatic heterocycles. The summed E-state index contributed by atoms with van der Waals surface area (Å²) in [7, 11) is 1.82. The van der Waals surface area contributed by atoms with Gasteiger partial charge in [0.1, 0.15) is 5.82 Å². The first-order valence-electron chi connectivity index (χ1n) is 11.8. The van der Waals surface area contributed by atoms with Gasteiger partial charge in [-0.25, -0.2) is 9.07 Å². The van der Waals surface area contributed by atoms with Gasteiger partial charge in [0.25, 0.3) is 5.91 Å². The van der Waals surface area contributed by atoms with E-state index in [-0.39, 0.29) is 17.8 Å². The van der Waals surface area contributed by atoms with Gasteiger partial charge >= 0.3 is 0 Å². The number of rotatable bonds is 8. The largest absolute Gasteiger partial charge is 0.339 e. The van der Waals surface area contributed by atoms with E-state index in [2.05, 4.69) is 36.5 Å². The summed E-state index contributed by atoms with van der Waals surface area (Å²) in [5.41, 5.74) is 6.74. The number of benzene rings is 3. The number of carbonyl (C=O) groups excluding carboxylic acids is 1. The molecule has 0 aliphatic rings. The minimum atomic E-state index is -0.273. The Morgan fingerprint density at radius 1 is 0.971 bits per heavy atom. The van der Waals surface area contributed by atoms with Gasteiger partial charge in [-0.3, -0.25) is 4.79 Å². The Labute approximate surface area is 206 Å². The normalized spacial score (nSPS) is 11.1. The Balaban J connectivity index is 1.49. The summed E-state index contributed by atoms with van der Waals surface area (Å²) >= 11 is 0. The van der Waals surface area contributed by atoms with Gasteiger partial charge in [0.15, 0.2) is 0 Å². The number of halogens is 1. The molecule has 1 amide bonds. The van der Waals surface area contributed by atoms with Crippen molar-refractivity contribution >= 4 is 5.91 Å². The van der Waals surface area contributed by atoms with Crippen LogP contribution >= 0.6 is 0 Å². The monoisotopic (exact) mass is 470 g/mol. The molecule has 0 aliphatic carbocycles. The third-order valence-corrected chi connectivity index (χ3v) is 6.15. The molecule has 4 rings (SSSR count). The quantitative estimate of drug-likeness (QED) is 0.356. The average molecular weight is 471 g/mol. The summed E-state index contributed by atoms with van der Waals surface area (Å²) in [6.45, 7) is 7.33. The van der Waals surface area contributed by atoms with Crippen LogP contribution in [0.25, 0.3) is 16.9 Å². The van der Waals surface area contributed by atoms with Crippen LogP contribution in [0.15, 0.2) is 79.0 Å². The summed E-state index contributed by atoms with van der Waals surface area (Å²) in [5.74, 6) is -0.249. The van der Waals surface area contributed by atoms with E-state index in [1.54, 1.807) is 21.7 Å². The van der Waals surface area contributed by atoms with Crippen LogP contribution in [-0.2, 0) is 13.1 Å². The van der Waals surface area contributed by atoms with Gasteiger partial charge in [-0.1, -0.05) is 42.0 Å². The van der Waals surface area contributed by atoms with E-state index in [0.717, 1.165) is 28.1 Å². The molecular weight excluding hydrogens is 439 g/mol. The van der Waals surface area contributed by atoms with Crippen LogP contribution in [-0.4, -0.2) is 33.7 Å². The fourth-order valence-electron chi connectivity index (χ4n) is 3.76. The molecule has 0 radical (unpaired) electrons. The molecule has 0 aliphatic heterocycles. The zero-order valence-electron chi connectivity index (χ0n) is 20.6. The molecule has 0 bridgehead atoms. The Morgan fingerprint density at radius 3 is 2.26 bits per heavy atom. The molecule has 0 saturated heterocycles. The molecule has 0 spiro atoms. The Morgan fingerprint density at radius 2 is 1.63 bits per heavy atom. The number of amides is 1. The minimum Gasteiger partial charge on any atom is -0.339 e. The Hall–Kier alpha value is -3.77. The van der Waals surface area contributed by atoms with Crippen molar-refractivity contribution in [1.82, 2.24) is 20.0 Å². The first-order chi connectivity index (χ1) is 16.8. The van der Waals surface area contributed by atoms with E-state index >= 15 is 0 Å². The van der Waals surface area contributed by atoms with Gasteiger partial charge in [-0.05, 0) is 62.7 Å². The molecule has 5 nitrogen and oxygen atoms in total.